The van der Waals surface area contributed by atoms with Crippen LogP contribution in [-0.4, -0.2) is 16.9 Å². The van der Waals surface area contributed by atoms with E-state index in [4.69, 9.17) is 4.74 Å². The van der Waals surface area contributed by atoms with E-state index < -0.39 is 0 Å². The maximum Gasteiger partial charge on any atom is 0.131 e. The number of aromatic nitrogens is 2. The Hall–Kier alpha value is -1.88. The quantitative estimate of drug-likeness (QED) is 0.900. The SMILES string of the molecule is COc1ccc(C(C)NCc2ccn(C)n2)c(F)c1. The maximum atomic E-state index is 13.9. The summed E-state index contributed by atoms with van der Waals surface area (Å²) in [6.07, 6.45) is 1.88. The van der Waals surface area contributed by atoms with Crippen LogP contribution in [0.25, 0.3) is 0 Å². The minimum absolute atomic E-state index is 0.0899. The van der Waals surface area contributed by atoms with E-state index in [-0.39, 0.29) is 11.9 Å². The Morgan fingerprint density at radius 3 is 2.79 bits per heavy atom. The molecule has 0 aliphatic rings. The summed E-state index contributed by atoms with van der Waals surface area (Å²) in [4.78, 5) is 0. The van der Waals surface area contributed by atoms with Crippen molar-refractivity contribution in [3.63, 3.8) is 0 Å². The predicted molar refractivity (Wildman–Crippen MR) is 71.4 cm³/mol. The Labute approximate surface area is 112 Å². The fourth-order valence-electron chi connectivity index (χ4n) is 1.91. The molecule has 1 heterocycles. The van der Waals surface area contributed by atoms with Gasteiger partial charge < -0.3 is 10.1 Å². The molecule has 0 amide bonds. The number of nitrogens with zero attached hydrogens (tertiary/aromatic N) is 2. The fourth-order valence-corrected chi connectivity index (χ4v) is 1.91. The lowest BCUT2D eigenvalue weighted by atomic mass is 10.1. The first-order valence-electron chi connectivity index (χ1n) is 6.15. The molecule has 1 N–H and O–H groups in total. The molecule has 1 unspecified atom stereocenters. The second-order valence-electron chi connectivity index (χ2n) is 4.47. The van der Waals surface area contributed by atoms with Gasteiger partial charge in [0.05, 0.1) is 12.8 Å². The number of rotatable bonds is 5. The van der Waals surface area contributed by atoms with Crippen LogP contribution < -0.4 is 10.1 Å². The smallest absolute Gasteiger partial charge is 0.131 e. The van der Waals surface area contributed by atoms with Crippen LogP contribution in [0.3, 0.4) is 0 Å². The molecule has 1 aromatic heterocycles. The van der Waals surface area contributed by atoms with Crippen LogP contribution in [0.4, 0.5) is 4.39 Å². The Morgan fingerprint density at radius 1 is 1.42 bits per heavy atom. The van der Waals surface area contributed by atoms with Crippen LogP contribution in [0.2, 0.25) is 0 Å². The molecule has 0 bridgehead atoms. The molecule has 0 spiro atoms. The number of ether oxygens (including phenoxy) is 1. The molecule has 102 valence electrons. The molecular weight excluding hydrogens is 245 g/mol. The van der Waals surface area contributed by atoms with Crippen molar-refractivity contribution in [1.29, 1.82) is 0 Å². The van der Waals surface area contributed by atoms with Gasteiger partial charge in [-0.05, 0) is 19.1 Å². The summed E-state index contributed by atoms with van der Waals surface area (Å²) in [5.41, 5.74) is 1.56. The van der Waals surface area contributed by atoms with Crippen molar-refractivity contribution in [2.75, 3.05) is 7.11 Å². The van der Waals surface area contributed by atoms with Crippen molar-refractivity contribution in [1.82, 2.24) is 15.1 Å². The van der Waals surface area contributed by atoms with Crippen molar-refractivity contribution in [3.8, 4) is 5.75 Å². The van der Waals surface area contributed by atoms with E-state index >= 15 is 0 Å². The number of hydrogen-bond acceptors (Lipinski definition) is 3. The van der Waals surface area contributed by atoms with E-state index in [9.17, 15) is 4.39 Å². The molecule has 1 atom stereocenters. The third-order valence-electron chi connectivity index (χ3n) is 3.03. The van der Waals surface area contributed by atoms with Gasteiger partial charge in [-0.2, -0.15) is 5.10 Å². The van der Waals surface area contributed by atoms with Crippen molar-refractivity contribution < 1.29 is 9.13 Å². The molecule has 0 aliphatic carbocycles. The maximum absolute atomic E-state index is 13.9. The predicted octanol–water partition coefficient (Wildman–Crippen LogP) is 2.42. The average Bonchev–Trinajstić information content (AvgIpc) is 2.81. The van der Waals surface area contributed by atoms with Gasteiger partial charge in [0, 0.05) is 37.5 Å². The number of nitrogens with one attached hydrogen (secondary N) is 1. The normalized spacial score (nSPS) is 12.4. The molecule has 0 radical (unpaired) electrons. The summed E-state index contributed by atoms with van der Waals surface area (Å²) in [7, 11) is 3.40. The van der Waals surface area contributed by atoms with Gasteiger partial charge in [-0.25, -0.2) is 4.39 Å². The van der Waals surface area contributed by atoms with E-state index in [0.717, 1.165) is 5.69 Å². The first-order chi connectivity index (χ1) is 9.10. The molecule has 0 fully saturated rings. The molecule has 1 aromatic carbocycles. The Bertz CT molecular complexity index is 553. The lowest BCUT2D eigenvalue weighted by Crippen LogP contribution is -2.19. The summed E-state index contributed by atoms with van der Waals surface area (Å²) >= 11 is 0. The molecule has 0 aliphatic heterocycles. The number of aryl methyl sites for hydroxylation is 1. The highest BCUT2D eigenvalue weighted by molar-refractivity contribution is 5.30. The van der Waals surface area contributed by atoms with Crippen molar-refractivity contribution in [3.05, 3.63) is 47.5 Å². The summed E-state index contributed by atoms with van der Waals surface area (Å²) in [6, 6.07) is 6.74. The van der Waals surface area contributed by atoms with E-state index in [2.05, 4.69) is 10.4 Å². The van der Waals surface area contributed by atoms with Gasteiger partial charge in [0.2, 0.25) is 0 Å². The van der Waals surface area contributed by atoms with Crippen molar-refractivity contribution in [2.24, 2.45) is 7.05 Å². The van der Waals surface area contributed by atoms with E-state index in [1.807, 2.05) is 26.2 Å². The summed E-state index contributed by atoms with van der Waals surface area (Å²) in [6.45, 7) is 2.53. The molecule has 5 heteroatoms. The van der Waals surface area contributed by atoms with Gasteiger partial charge in [-0.15, -0.1) is 0 Å². The van der Waals surface area contributed by atoms with Gasteiger partial charge in [-0.1, -0.05) is 6.07 Å². The average molecular weight is 263 g/mol. The molecule has 19 heavy (non-hydrogen) atoms. The summed E-state index contributed by atoms with van der Waals surface area (Å²) in [5, 5.41) is 7.52. The number of methoxy groups -OCH3 is 1. The number of benzene rings is 1. The zero-order valence-electron chi connectivity index (χ0n) is 11.4. The van der Waals surface area contributed by atoms with E-state index in [1.54, 1.807) is 16.8 Å². The van der Waals surface area contributed by atoms with Crippen LogP contribution in [0.15, 0.2) is 30.5 Å². The van der Waals surface area contributed by atoms with Crippen LogP contribution >= 0.6 is 0 Å². The van der Waals surface area contributed by atoms with Crippen LogP contribution in [0.5, 0.6) is 5.75 Å². The monoisotopic (exact) mass is 263 g/mol. The minimum atomic E-state index is -0.264. The highest BCUT2D eigenvalue weighted by Gasteiger charge is 2.11. The molecule has 0 saturated heterocycles. The highest BCUT2D eigenvalue weighted by Crippen LogP contribution is 2.21. The number of hydrogen-bond donors (Lipinski definition) is 1. The van der Waals surface area contributed by atoms with Gasteiger partial charge in [0.25, 0.3) is 0 Å². The highest BCUT2D eigenvalue weighted by atomic mass is 19.1. The zero-order chi connectivity index (χ0) is 13.8. The lowest BCUT2D eigenvalue weighted by Gasteiger charge is -2.14. The summed E-state index contributed by atoms with van der Waals surface area (Å²) < 4.78 is 20.6. The first kappa shape index (κ1) is 13.5. The summed E-state index contributed by atoms with van der Waals surface area (Å²) in [5.74, 6) is 0.263. The Balaban J connectivity index is 2.01. The second kappa shape index (κ2) is 5.84. The molecule has 2 aromatic rings. The third kappa shape index (κ3) is 3.32. The Morgan fingerprint density at radius 2 is 2.21 bits per heavy atom. The molecule has 4 nitrogen and oxygen atoms in total. The zero-order valence-corrected chi connectivity index (χ0v) is 11.4. The van der Waals surface area contributed by atoms with Gasteiger partial charge in [0.15, 0.2) is 0 Å². The fraction of sp³-hybridized carbons (Fsp3) is 0.357. The van der Waals surface area contributed by atoms with Gasteiger partial charge in [-0.3, -0.25) is 4.68 Å². The largest absolute Gasteiger partial charge is 0.497 e. The van der Waals surface area contributed by atoms with Crippen LogP contribution in [0.1, 0.15) is 24.2 Å². The van der Waals surface area contributed by atoms with Crippen molar-refractivity contribution >= 4 is 0 Å². The lowest BCUT2D eigenvalue weighted by molar-refractivity contribution is 0.409. The number of halogens is 1. The van der Waals surface area contributed by atoms with E-state index in [1.165, 1.54) is 13.2 Å². The topological polar surface area (TPSA) is 39.1 Å². The van der Waals surface area contributed by atoms with E-state index in [0.29, 0.717) is 17.9 Å². The third-order valence-corrected chi connectivity index (χ3v) is 3.03. The van der Waals surface area contributed by atoms with Gasteiger partial charge >= 0.3 is 0 Å². The second-order valence-corrected chi connectivity index (χ2v) is 4.47. The molecular formula is C14H18FN3O. The van der Waals surface area contributed by atoms with Crippen LogP contribution in [0, 0.1) is 5.82 Å². The molecule has 2 rings (SSSR count). The standard InChI is InChI=1S/C14H18FN3O/c1-10(16-9-11-6-7-18(2)17-11)13-5-4-12(19-3)8-14(13)15/h4-8,10,16H,9H2,1-3H3. The Kier molecular flexibility index (Phi) is 4.16. The molecule has 0 saturated carbocycles. The van der Waals surface area contributed by atoms with Crippen molar-refractivity contribution in [2.45, 2.75) is 19.5 Å². The minimum Gasteiger partial charge on any atom is -0.497 e. The first-order valence-corrected chi connectivity index (χ1v) is 6.15. The van der Waals surface area contributed by atoms with Crippen LogP contribution in [-0.2, 0) is 13.6 Å². The van der Waals surface area contributed by atoms with Gasteiger partial charge in [0.1, 0.15) is 11.6 Å².